The van der Waals surface area contributed by atoms with Crippen LogP contribution in [0.4, 0.5) is 0 Å². The van der Waals surface area contributed by atoms with Crippen LogP contribution in [0.3, 0.4) is 0 Å². The van der Waals surface area contributed by atoms with Crippen LogP contribution >= 0.6 is 11.6 Å². The van der Waals surface area contributed by atoms with Gasteiger partial charge in [0, 0.05) is 17.6 Å². The molecule has 2 aliphatic rings. The zero-order valence-corrected chi connectivity index (χ0v) is 13.6. The van der Waals surface area contributed by atoms with Crippen LogP contribution in [0, 0.1) is 0 Å². The van der Waals surface area contributed by atoms with E-state index in [1.807, 2.05) is 0 Å². The molecule has 0 N–H and O–H groups in total. The molecule has 2 aromatic rings. The maximum absolute atomic E-state index is 6.26. The number of benzene rings is 2. The predicted octanol–water partition coefficient (Wildman–Crippen LogP) is 5.21. The zero-order chi connectivity index (χ0) is 14.9. The summed E-state index contributed by atoms with van der Waals surface area (Å²) in [5.74, 6) is 0.749. The number of nitrogens with zero attached hydrogens (tertiary/aromatic N) is 1. The van der Waals surface area contributed by atoms with Gasteiger partial charge in [0.2, 0.25) is 0 Å². The van der Waals surface area contributed by atoms with Gasteiger partial charge < -0.3 is 0 Å². The number of likely N-dealkylation sites (tertiary alicyclic amines) is 1. The highest BCUT2D eigenvalue weighted by molar-refractivity contribution is 6.30. The van der Waals surface area contributed by atoms with Gasteiger partial charge in [0.05, 0.1) is 0 Å². The van der Waals surface area contributed by atoms with E-state index in [1.165, 1.54) is 36.9 Å². The molecule has 0 radical (unpaired) electrons. The van der Waals surface area contributed by atoms with Crippen LogP contribution in [-0.2, 0) is 6.42 Å². The Balaban J connectivity index is 1.56. The molecule has 0 amide bonds. The lowest BCUT2D eigenvalue weighted by Crippen LogP contribution is -2.30. The Morgan fingerprint density at radius 1 is 1.05 bits per heavy atom. The van der Waals surface area contributed by atoms with Crippen LogP contribution in [0.2, 0.25) is 5.02 Å². The summed E-state index contributed by atoms with van der Waals surface area (Å²) in [5, 5.41) is 0.882. The van der Waals surface area contributed by atoms with Crippen LogP contribution in [0.15, 0.2) is 48.5 Å². The second-order valence-corrected chi connectivity index (χ2v) is 7.07. The van der Waals surface area contributed by atoms with E-state index in [0.717, 1.165) is 23.9 Å². The van der Waals surface area contributed by atoms with E-state index in [1.54, 1.807) is 5.56 Å². The van der Waals surface area contributed by atoms with Gasteiger partial charge in [-0.2, -0.15) is 0 Å². The summed E-state index contributed by atoms with van der Waals surface area (Å²) in [6.07, 6.45) is 5.06. The highest BCUT2D eigenvalue weighted by Crippen LogP contribution is 2.48. The molecule has 0 spiro atoms. The fourth-order valence-corrected chi connectivity index (χ4v) is 4.41. The molecule has 4 rings (SSSR count). The number of fused-ring (bicyclic) bond motifs is 5. The molecule has 1 nitrogen and oxygen atoms in total. The Kier molecular flexibility index (Phi) is 3.94. The van der Waals surface area contributed by atoms with E-state index in [9.17, 15) is 0 Å². The second-order valence-electron chi connectivity index (χ2n) is 6.64. The first-order valence-corrected chi connectivity index (χ1v) is 8.76. The van der Waals surface area contributed by atoms with Crippen molar-refractivity contribution in [3.8, 4) is 0 Å². The van der Waals surface area contributed by atoms with Crippen LogP contribution in [0.5, 0.6) is 0 Å². The van der Waals surface area contributed by atoms with Gasteiger partial charge in [-0.15, -0.1) is 0 Å². The van der Waals surface area contributed by atoms with Crippen molar-refractivity contribution in [2.75, 3.05) is 13.1 Å². The fraction of sp³-hybridized carbons (Fsp3) is 0.400. The molecule has 1 heterocycles. The Labute approximate surface area is 137 Å². The topological polar surface area (TPSA) is 3.24 Å². The molecule has 2 heteroatoms. The molecule has 2 bridgehead atoms. The average Bonchev–Trinajstić information content (AvgIpc) is 2.75. The minimum absolute atomic E-state index is 0.574. The molecule has 2 atom stereocenters. The first-order valence-electron chi connectivity index (χ1n) is 8.38. The Morgan fingerprint density at radius 3 is 2.77 bits per heavy atom. The van der Waals surface area contributed by atoms with E-state index < -0.39 is 0 Å². The van der Waals surface area contributed by atoms with Crippen molar-refractivity contribution in [3.05, 3.63) is 70.2 Å². The molecule has 0 saturated carbocycles. The van der Waals surface area contributed by atoms with Crippen molar-refractivity contribution in [1.29, 1.82) is 0 Å². The molecule has 114 valence electrons. The largest absolute Gasteiger partial charge is 0.296 e. The van der Waals surface area contributed by atoms with Gasteiger partial charge in [-0.05, 0) is 67.0 Å². The van der Waals surface area contributed by atoms with E-state index in [4.69, 9.17) is 11.6 Å². The first-order chi connectivity index (χ1) is 10.8. The third kappa shape index (κ3) is 2.68. The zero-order valence-electron chi connectivity index (χ0n) is 12.8. The van der Waals surface area contributed by atoms with E-state index in [-0.39, 0.29) is 0 Å². The third-order valence-electron chi connectivity index (χ3n) is 5.32. The van der Waals surface area contributed by atoms with Crippen molar-refractivity contribution >= 4 is 11.6 Å². The van der Waals surface area contributed by atoms with Crippen molar-refractivity contribution in [2.45, 2.75) is 37.6 Å². The Hall–Kier alpha value is -1.31. The van der Waals surface area contributed by atoms with Gasteiger partial charge >= 0.3 is 0 Å². The Bertz CT molecular complexity index is 652. The minimum Gasteiger partial charge on any atom is -0.296 e. The summed E-state index contributed by atoms with van der Waals surface area (Å²) < 4.78 is 0. The maximum atomic E-state index is 6.26. The molecule has 1 aliphatic carbocycles. The summed E-state index contributed by atoms with van der Waals surface area (Å²) >= 11 is 6.26. The van der Waals surface area contributed by atoms with Gasteiger partial charge in [-0.3, -0.25) is 4.90 Å². The SMILES string of the molecule is Clc1ccc2c(c1)[C@H]1CC2CCCN1CCc1ccccc1. The number of rotatable bonds is 3. The van der Waals surface area contributed by atoms with E-state index >= 15 is 0 Å². The van der Waals surface area contributed by atoms with Crippen LogP contribution in [-0.4, -0.2) is 18.0 Å². The standard InChI is InChI=1S/C20H22ClN/c21-17-8-9-18-16-7-4-11-22(20(13-16)19(18)14-17)12-10-15-5-2-1-3-6-15/h1-3,5-6,8-9,14,16,20H,4,7,10-13H2/t16?,20-/m1/s1. The lowest BCUT2D eigenvalue weighted by Gasteiger charge is -2.29. The highest BCUT2D eigenvalue weighted by atomic mass is 35.5. The first kappa shape index (κ1) is 14.3. The fourth-order valence-electron chi connectivity index (χ4n) is 4.23. The summed E-state index contributed by atoms with van der Waals surface area (Å²) in [6.45, 7) is 2.37. The van der Waals surface area contributed by atoms with Crippen LogP contribution in [0.25, 0.3) is 0 Å². The molecule has 1 fully saturated rings. The van der Waals surface area contributed by atoms with Gasteiger partial charge in [0.1, 0.15) is 0 Å². The Morgan fingerprint density at radius 2 is 1.91 bits per heavy atom. The number of halogens is 1. The minimum atomic E-state index is 0.574. The van der Waals surface area contributed by atoms with Crippen LogP contribution in [0.1, 0.15) is 47.9 Å². The molecule has 22 heavy (non-hydrogen) atoms. The van der Waals surface area contributed by atoms with E-state index in [0.29, 0.717) is 6.04 Å². The number of hydrogen-bond donors (Lipinski definition) is 0. The molecular weight excluding hydrogens is 290 g/mol. The summed E-state index contributed by atoms with van der Waals surface area (Å²) in [5.41, 5.74) is 4.48. The molecule has 0 aromatic heterocycles. The maximum Gasteiger partial charge on any atom is 0.0409 e. The van der Waals surface area contributed by atoms with Gasteiger partial charge in [-0.25, -0.2) is 0 Å². The molecular formula is C20H22ClN. The molecule has 2 aromatic carbocycles. The van der Waals surface area contributed by atoms with Crippen molar-refractivity contribution in [3.63, 3.8) is 0 Å². The third-order valence-corrected chi connectivity index (χ3v) is 5.56. The molecule has 1 saturated heterocycles. The summed E-state index contributed by atoms with van der Waals surface area (Å²) in [4.78, 5) is 2.69. The van der Waals surface area contributed by atoms with E-state index in [2.05, 4.69) is 53.4 Å². The van der Waals surface area contributed by atoms with Crippen molar-refractivity contribution in [2.24, 2.45) is 0 Å². The molecule has 1 aliphatic heterocycles. The highest BCUT2D eigenvalue weighted by Gasteiger charge is 2.36. The molecule has 1 unspecified atom stereocenters. The quantitative estimate of drug-likeness (QED) is 0.752. The lowest BCUT2D eigenvalue weighted by atomic mass is 9.96. The normalized spacial score (nSPS) is 24.0. The van der Waals surface area contributed by atoms with Crippen LogP contribution < -0.4 is 0 Å². The summed E-state index contributed by atoms with van der Waals surface area (Å²) in [7, 11) is 0. The second kappa shape index (κ2) is 6.06. The van der Waals surface area contributed by atoms with Crippen molar-refractivity contribution in [1.82, 2.24) is 4.90 Å². The number of hydrogen-bond acceptors (Lipinski definition) is 1. The van der Waals surface area contributed by atoms with Crippen molar-refractivity contribution < 1.29 is 0 Å². The van der Waals surface area contributed by atoms with Gasteiger partial charge in [0.25, 0.3) is 0 Å². The average molecular weight is 312 g/mol. The lowest BCUT2D eigenvalue weighted by molar-refractivity contribution is 0.209. The van der Waals surface area contributed by atoms with Gasteiger partial charge in [0.15, 0.2) is 0 Å². The smallest absolute Gasteiger partial charge is 0.0409 e. The monoisotopic (exact) mass is 311 g/mol. The predicted molar refractivity (Wildman–Crippen MR) is 92.5 cm³/mol. The van der Waals surface area contributed by atoms with Gasteiger partial charge in [-0.1, -0.05) is 48.0 Å². The summed E-state index contributed by atoms with van der Waals surface area (Å²) in [6, 6.07) is 18.0.